The normalized spacial score (nSPS) is 26.6. The molecule has 0 unspecified atom stereocenters. The lowest BCUT2D eigenvalue weighted by Gasteiger charge is -2.38. The predicted octanol–water partition coefficient (Wildman–Crippen LogP) is 1.42. The Hall–Kier alpha value is -0.610. The number of amides is 1. The van der Waals surface area contributed by atoms with Gasteiger partial charge in [0.25, 0.3) is 0 Å². The molecule has 0 aliphatic carbocycles. The predicted molar refractivity (Wildman–Crippen MR) is 69.1 cm³/mol. The first kappa shape index (κ1) is 13.8. The van der Waals surface area contributed by atoms with Crippen LogP contribution in [0.5, 0.6) is 0 Å². The number of ether oxygens (including phenoxy) is 1. The highest BCUT2D eigenvalue weighted by molar-refractivity contribution is 5.76. The van der Waals surface area contributed by atoms with Crippen molar-refractivity contribution in [3.63, 3.8) is 0 Å². The summed E-state index contributed by atoms with van der Waals surface area (Å²) in [4.78, 5) is 14.1. The Kier molecular flexibility index (Phi) is 4.28. The van der Waals surface area contributed by atoms with E-state index in [4.69, 9.17) is 4.74 Å². The summed E-state index contributed by atoms with van der Waals surface area (Å²) in [6.07, 6.45) is 3.48. The lowest BCUT2D eigenvalue weighted by Crippen LogP contribution is -2.44. The fraction of sp³-hybridized carbons (Fsp3) is 0.929. The van der Waals surface area contributed by atoms with E-state index in [1.165, 1.54) is 0 Å². The minimum Gasteiger partial charge on any atom is -0.390 e. The van der Waals surface area contributed by atoms with Crippen LogP contribution in [0.25, 0.3) is 0 Å². The Balaban J connectivity index is 1.76. The van der Waals surface area contributed by atoms with E-state index >= 15 is 0 Å². The lowest BCUT2D eigenvalue weighted by molar-refractivity contribution is -0.135. The number of likely N-dealkylation sites (tertiary alicyclic amines) is 1. The molecule has 0 saturated carbocycles. The summed E-state index contributed by atoms with van der Waals surface area (Å²) in [6, 6.07) is 0. The summed E-state index contributed by atoms with van der Waals surface area (Å²) in [5.41, 5.74) is -0.617. The number of carbonyl (C=O) groups is 1. The fourth-order valence-corrected chi connectivity index (χ4v) is 2.96. The summed E-state index contributed by atoms with van der Waals surface area (Å²) >= 11 is 0. The van der Waals surface area contributed by atoms with Crippen molar-refractivity contribution in [1.29, 1.82) is 0 Å². The summed E-state index contributed by atoms with van der Waals surface area (Å²) in [5, 5.41) is 9.98. The second kappa shape index (κ2) is 5.57. The van der Waals surface area contributed by atoms with E-state index in [1.54, 1.807) is 0 Å². The summed E-state index contributed by atoms with van der Waals surface area (Å²) in [5.74, 6) is 1.00. The molecule has 0 aromatic rings. The van der Waals surface area contributed by atoms with E-state index in [9.17, 15) is 9.90 Å². The monoisotopic (exact) mass is 255 g/mol. The van der Waals surface area contributed by atoms with Crippen molar-refractivity contribution in [2.75, 3.05) is 26.3 Å². The summed E-state index contributed by atoms with van der Waals surface area (Å²) < 4.78 is 5.30. The van der Waals surface area contributed by atoms with Gasteiger partial charge in [-0.25, -0.2) is 0 Å². The van der Waals surface area contributed by atoms with Gasteiger partial charge in [0.1, 0.15) is 0 Å². The van der Waals surface area contributed by atoms with Crippen molar-refractivity contribution in [2.24, 2.45) is 11.8 Å². The molecule has 0 radical (unpaired) electrons. The van der Waals surface area contributed by atoms with Gasteiger partial charge in [-0.1, -0.05) is 0 Å². The van der Waals surface area contributed by atoms with Crippen molar-refractivity contribution in [1.82, 2.24) is 4.90 Å². The number of carbonyl (C=O) groups excluding carboxylic acids is 1. The highest BCUT2D eigenvalue weighted by Gasteiger charge is 2.32. The molecule has 2 fully saturated rings. The smallest absolute Gasteiger partial charge is 0.222 e. The van der Waals surface area contributed by atoms with Crippen LogP contribution in [0, 0.1) is 11.8 Å². The third-order valence-corrected chi connectivity index (χ3v) is 4.33. The molecular weight excluding hydrogens is 230 g/mol. The topological polar surface area (TPSA) is 49.8 Å². The molecule has 4 heteroatoms. The number of hydrogen-bond acceptors (Lipinski definition) is 3. The number of hydrogen-bond donors (Lipinski definition) is 1. The second-order valence-electron chi connectivity index (χ2n) is 6.24. The zero-order chi connectivity index (χ0) is 13.2. The first-order chi connectivity index (χ1) is 8.47. The standard InChI is InChI=1S/C14H25NO3/c1-14(2,17)12-3-6-15(7-4-12)13(16)9-11-5-8-18-10-11/h11-12,17H,3-10H2,1-2H3/t11-/m1/s1. The Bertz CT molecular complexity index is 284. The molecule has 2 aliphatic rings. The molecule has 1 amide bonds. The van der Waals surface area contributed by atoms with Gasteiger partial charge in [-0.05, 0) is 44.9 Å². The van der Waals surface area contributed by atoms with Gasteiger partial charge in [0.2, 0.25) is 5.91 Å². The average Bonchev–Trinajstić information content (AvgIpc) is 2.81. The Morgan fingerprint density at radius 1 is 1.33 bits per heavy atom. The van der Waals surface area contributed by atoms with Gasteiger partial charge in [0, 0.05) is 32.7 Å². The molecule has 2 saturated heterocycles. The first-order valence-electron chi connectivity index (χ1n) is 7.04. The number of piperidine rings is 1. The molecule has 1 N–H and O–H groups in total. The maximum absolute atomic E-state index is 12.1. The molecule has 2 heterocycles. The number of rotatable bonds is 3. The molecule has 0 aromatic heterocycles. The largest absolute Gasteiger partial charge is 0.390 e. The third-order valence-electron chi connectivity index (χ3n) is 4.33. The van der Waals surface area contributed by atoms with Crippen LogP contribution in [-0.2, 0) is 9.53 Å². The minimum absolute atomic E-state index is 0.264. The lowest BCUT2D eigenvalue weighted by atomic mass is 9.83. The molecule has 0 spiro atoms. The third kappa shape index (κ3) is 3.45. The summed E-state index contributed by atoms with van der Waals surface area (Å²) in [6.45, 7) is 6.86. The molecular formula is C14H25NO3. The first-order valence-corrected chi connectivity index (χ1v) is 7.04. The molecule has 1 atom stereocenters. The van der Waals surface area contributed by atoms with E-state index in [0.29, 0.717) is 18.3 Å². The Morgan fingerprint density at radius 2 is 2.00 bits per heavy atom. The Labute approximate surface area is 109 Å². The van der Waals surface area contributed by atoms with Crippen LogP contribution >= 0.6 is 0 Å². The minimum atomic E-state index is -0.617. The molecule has 2 rings (SSSR count). The number of nitrogens with zero attached hydrogens (tertiary/aromatic N) is 1. The average molecular weight is 255 g/mol. The van der Waals surface area contributed by atoms with Crippen LogP contribution in [0.15, 0.2) is 0 Å². The van der Waals surface area contributed by atoms with Crippen LogP contribution in [0.2, 0.25) is 0 Å². The van der Waals surface area contributed by atoms with Gasteiger partial charge >= 0.3 is 0 Å². The van der Waals surface area contributed by atoms with Crippen molar-refractivity contribution in [2.45, 2.75) is 45.1 Å². The van der Waals surface area contributed by atoms with Gasteiger partial charge in [-0.3, -0.25) is 4.79 Å². The van der Waals surface area contributed by atoms with Gasteiger partial charge in [-0.2, -0.15) is 0 Å². The van der Waals surface area contributed by atoms with Gasteiger partial charge < -0.3 is 14.7 Å². The van der Waals surface area contributed by atoms with E-state index in [1.807, 2.05) is 18.7 Å². The van der Waals surface area contributed by atoms with Crippen molar-refractivity contribution < 1.29 is 14.6 Å². The Morgan fingerprint density at radius 3 is 2.50 bits per heavy atom. The quantitative estimate of drug-likeness (QED) is 0.830. The zero-order valence-corrected chi connectivity index (χ0v) is 11.5. The van der Waals surface area contributed by atoms with Crippen molar-refractivity contribution in [3.05, 3.63) is 0 Å². The molecule has 18 heavy (non-hydrogen) atoms. The van der Waals surface area contributed by atoms with E-state index in [2.05, 4.69) is 0 Å². The summed E-state index contributed by atoms with van der Waals surface area (Å²) in [7, 11) is 0. The molecule has 4 nitrogen and oxygen atoms in total. The van der Waals surface area contributed by atoms with E-state index < -0.39 is 5.60 Å². The van der Waals surface area contributed by atoms with Crippen molar-refractivity contribution in [3.8, 4) is 0 Å². The zero-order valence-electron chi connectivity index (χ0n) is 11.5. The van der Waals surface area contributed by atoms with Crippen LogP contribution in [-0.4, -0.2) is 47.8 Å². The van der Waals surface area contributed by atoms with Crippen molar-refractivity contribution >= 4 is 5.91 Å². The number of aliphatic hydroxyl groups is 1. The SMILES string of the molecule is CC(C)(O)C1CCN(C(=O)C[C@H]2CCOC2)CC1. The van der Waals surface area contributed by atoms with Gasteiger partial charge in [0.15, 0.2) is 0 Å². The highest BCUT2D eigenvalue weighted by atomic mass is 16.5. The maximum atomic E-state index is 12.1. The molecule has 0 aromatic carbocycles. The van der Waals surface area contributed by atoms with Crippen LogP contribution in [0.3, 0.4) is 0 Å². The van der Waals surface area contributed by atoms with Crippen LogP contribution < -0.4 is 0 Å². The maximum Gasteiger partial charge on any atom is 0.222 e. The molecule has 104 valence electrons. The van der Waals surface area contributed by atoms with E-state index in [-0.39, 0.29) is 5.91 Å². The van der Waals surface area contributed by atoms with Gasteiger partial charge in [-0.15, -0.1) is 0 Å². The highest BCUT2D eigenvalue weighted by Crippen LogP contribution is 2.28. The fourth-order valence-electron chi connectivity index (χ4n) is 2.96. The molecule has 2 aliphatic heterocycles. The van der Waals surface area contributed by atoms with E-state index in [0.717, 1.165) is 45.6 Å². The van der Waals surface area contributed by atoms with Gasteiger partial charge in [0.05, 0.1) is 5.60 Å². The van der Waals surface area contributed by atoms with Crippen LogP contribution in [0.1, 0.15) is 39.5 Å². The second-order valence-corrected chi connectivity index (χ2v) is 6.24. The van der Waals surface area contributed by atoms with Crippen LogP contribution in [0.4, 0.5) is 0 Å². The molecule has 0 bridgehead atoms.